The average Bonchev–Trinajstić information content (AvgIpc) is 3.31. The van der Waals surface area contributed by atoms with Crippen molar-refractivity contribution < 1.29 is 9.53 Å². The quantitative estimate of drug-likeness (QED) is 0.747. The number of morpholine rings is 1. The number of carbonyl (C=O) groups is 1. The van der Waals surface area contributed by atoms with Gasteiger partial charge >= 0.3 is 0 Å². The van der Waals surface area contributed by atoms with Crippen molar-refractivity contribution in [3.8, 4) is 0 Å². The molecule has 0 spiro atoms. The van der Waals surface area contributed by atoms with Crippen LogP contribution in [0.4, 0.5) is 5.82 Å². The average molecular weight is 428 g/mol. The Morgan fingerprint density at radius 2 is 2.13 bits per heavy atom. The van der Waals surface area contributed by atoms with Crippen molar-refractivity contribution in [2.45, 2.75) is 45.1 Å². The lowest BCUT2D eigenvalue weighted by molar-refractivity contribution is -0.139. The van der Waals surface area contributed by atoms with Crippen molar-refractivity contribution in [3.63, 3.8) is 0 Å². The van der Waals surface area contributed by atoms with Crippen molar-refractivity contribution in [3.05, 3.63) is 12.7 Å². The van der Waals surface area contributed by atoms with Gasteiger partial charge in [-0.1, -0.05) is 6.92 Å². The Morgan fingerprint density at radius 1 is 1.26 bits per heavy atom. The molecule has 1 saturated carbocycles. The number of nitrogens with one attached hydrogen (secondary N) is 2. The van der Waals surface area contributed by atoms with Gasteiger partial charge in [0, 0.05) is 38.8 Å². The summed E-state index contributed by atoms with van der Waals surface area (Å²) in [5.74, 6) is 1.47. The van der Waals surface area contributed by atoms with E-state index in [0.29, 0.717) is 24.2 Å². The molecule has 2 saturated heterocycles. The summed E-state index contributed by atoms with van der Waals surface area (Å²) in [4.78, 5) is 34.7. The number of aromatic nitrogens is 4. The van der Waals surface area contributed by atoms with Crippen LogP contribution in [-0.2, 0) is 9.53 Å². The summed E-state index contributed by atoms with van der Waals surface area (Å²) >= 11 is 0. The Labute approximate surface area is 183 Å². The van der Waals surface area contributed by atoms with E-state index >= 15 is 0 Å². The molecule has 0 aromatic carbocycles. The minimum atomic E-state index is -0.368. The third-order valence-electron chi connectivity index (χ3n) is 7.53. The molecule has 0 radical (unpaired) electrons. The first kappa shape index (κ1) is 20.6. The molecule has 2 aliphatic heterocycles. The molecule has 5 rings (SSSR count). The highest BCUT2D eigenvalue weighted by atomic mass is 16.5. The van der Waals surface area contributed by atoms with Crippen molar-refractivity contribution in [2.24, 2.45) is 11.3 Å². The number of aromatic amines is 1. The second-order valence-corrected chi connectivity index (χ2v) is 9.19. The monoisotopic (exact) mass is 427 g/mol. The standard InChI is InChI=1S/C22H33N7O2/c1-2-6-23-21(30)22-5-3-17(28-8-10-31-11-9-28)12-16(22)4-7-29(13-22)20-18-19(25-14-24-18)26-15-27-20/h14-17H,2-13H2,1H3,(H,23,30)(H,24,25,26,27)/t16-,17-,22-/m1/s1. The third kappa shape index (κ3) is 3.78. The maximum absolute atomic E-state index is 13.6. The Hall–Kier alpha value is -2.26. The fourth-order valence-electron chi connectivity index (χ4n) is 5.87. The van der Waals surface area contributed by atoms with Crippen LogP contribution < -0.4 is 10.2 Å². The number of nitrogens with zero attached hydrogens (tertiary/aromatic N) is 5. The number of imidazole rings is 1. The smallest absolute Gasteiger partial charge is 0.228 e. The van der Waals surface area contributed by atoms with Gasteiger partial charge in [-0.15, -0.1) is 0 Å². The number of ether oxygens (including phenoxy) is 1. The minimum absolute atomic E-state index is 0.222. The number of fused-ring (bicyclic) bond motifs is 2. The van der Waals surface area contributed by atoms with Gasteiger partial charge in [-0.25, -0.2) is 15.0 Å². The number of amides is 1. The van der Waals surface area contributed by atoms with Crippen LogP contribution in [0.1, 0.15) is 39.0 Å². The van der Waals surface area contributed by atoms with E-state index in [1.165, 1.54) is 0 Å². The summed E-state index contributed by atoms with van der Waals surface area (Å²) < 4.78 is 5.56. The fourth-order valence-corrected chi connectivity index (χ4v) is 5.87. The Kier molecular flexibility index (Phi) is 5.79. The summed E-state index contributed by atoms with van der Waals surface area (Å²) in [6.45, 7) is 8.11. The van der Waals surface area contributed by atoms with E-state index < -0.39 is 0 Å². The van der Waals surface area contributed by atoms with Gasteiger partial charge in [0.15, 0.2) is 11.5 Å². The Bertz CT molecular complexity index is 912. The zero-order chi connectivity index (χ0) is 21.3. The summed E-state index contributed by atoms with van der Waals surface area (Å²) in [7, 11) is 0. The SMILES string of the molecule is CCCNC(=O)[C@@]12CC[C@@H](N3CCOCC3)C[C@H]1CCN(c1ncnc3nc[nH]c13)C2. The van der Waals surface area contributed by atoms with E-state index in [4.69, 9.17) is 4.74 Å². The molecule has 9 heteroatoms. The van der Waals surface area contributed by atoms with Crippen LogP contribution in [0.2, 0.25) is 0 Å². The molecule has 31 heavy (non-hydrogen) atoms. The Balaban J connectivity index is 1.41. The molecule has 4 heterocycles. The van der Waals surface area contributed by atoms with Crippen molar-refractivity contribution >= 4 is 22.9 Å². The molecule has 9 nitrogen and oxygen atoms in total. The molecule has 2 aromatic rings. The summed E-state index contributed by atoms with van der Waals surface area (Å²) in [5, 5.41) is 3.24. The first-order valence-corrected chi connectivity index (χ1v) is 11.7. The number of hydrogen-bond acceptors (Lipinski definition) is 7. The number of hydrogen-bond donors (Lipinski definition) is 2. The van der Waals surface area contributed by atoms with Gasteiger partial charge in [0.05, 0.1) is 25.0 Å². The topological polar surface area (TPSA) is 99.3 Å². The molecule has 3 aliphatic rings. The number of H-pyrrole nitrogens is 1. The molecule has 1 aliphatic carbocycles. The fraction of sp³-hybridized carbons (Fsp3) is 0.727. The van der Waals surface area contributed by atoms with Crippen LogP contribution in [0, 0.1) is 11.3 Å². The van der Waals surface area contributed by atoms with Gasteiger partial charge in [0.2, 0.25) is 5.91 Å². The van der Waals surface area contributed by atoms with E-state index in [2.05, 4.69) is 42.0 Å². The molecular weight excluding hydrogens is 394 g/mol. The minimum Gasteiger partial charge on any atom is -0.379 e. The van der Waals surface area contributed by atoms with Crippen molar-refractivity contribution in [1.29, 1.82) is 0 Å². The normalized spacial score (nSPS) is 29.6. The van der Waals surface area contributed by atoms with Crippen molar-refractivity contribution in [1.82, 2.24) is 30.2 Å². The molecule has 2 N–H and O–H groups in total. The maximum atomic E-state index is 13.6. The van der Waals surface area contributed by atoms with Gasteiger partial charge in [-0.05, 0) is 38.0 Å². The largest absolute Gasteiger partial charge is 0.379 e. The van der Waals surface area contributed by atoms with Gasteiger partial charge in [0.25, 0.3) is 0 Å². The number of rotatable bonds is 5. The molecule has 0 unspecified atom stereocenters. The highest BCUT2D eigenvalue weighted by Gasteiger charge is 2.53. The van der Waals surface area contributed by atoms with Gasteiger partial charge in [-0.2, -0.15) is 0 Å². The second kappa shape index (κ2) is 8.70. The maximum Gasteiger partial charge on any atom is 0.228 e. The van der Waals surface area contributed by atoms with Gasteiger partial charge < -0.3 is 19.9 Å². The number of anilines is 1. The van der Waals surface area contributed by atoms with Gasteiger partial charge in [-0.3, -0.25) is 9.69 Å². The zero-order valence-corrected chi connectivity index (χ0v) is 18.3. The zero-order valence-electron chi connectivity index (χ0n) is 18.3. The highest BCUT2D eigenvalue weighted by Crippen LogP contribution is 2.48. The molecule has 3 fully saturated rings. The summed E-state index contributed by atoms with van der Waals surface area (Å²) in [6.07, 6.45) is 8.26. The van der Waals surface area contributed by atoms with Crippen LogP contribution in [0.25, 0.3) is 11.2 Å². The van der Waals surface area contributed by atoms with Crippen LogP contribution in [0.5, 0.6) is 0 Å². The van der Waals surface area contributed by atoms with E-state index in [-0.39, 0.29) is 11.3 Å². The number of piperidine rings is 1. The first-order valence-electron chi connectivity index (χ1n) is 11.7. The molecule has 0 bridgehead atoms. The lowest BCUT2D eigenvalue weighted by Gasteiger charge is -2.53. The second-order valence-electron chi connectivity index (χ2n) is 9.19. The van der Waals surface area contributed by atoms with Gasteiger partial charge in [0.1, 0.15) is 11.8 Å². The van der Waals surface area contributed by atoms with Crippen LogP contribution in [0.3, 0.4) is 0 Å². The van der Waals surface area contributed by atoms with Crippen LogP contribution in [0.15, 0.2) is 12.7 Å². The van der Waals surface area contributed by atoms with Crippen LogP contribution >= 0.6 is 0 Å². The Morgan fingerprint density at radius 3 is 2.97 bits per heavy atom. The first-order chi connectivity index (χ1) is 15.2. The number of carbonyl (C=O) groups excluding carboxylic acids is 1. The van der Waals surface area contributed by atoms with Crippen molar-refractivity contribution in [2.75, 3.05) is 50.8 Å². The van der Waals surface area contributed by atoms with E-state index in [0.717, 1.165) is 82.8 Å². The third-order valence-corrected chi connectivity index (χ3v) is 7.53. The molecule has 3 atom stereocenters. The lowest BCUT2D eigenvalue weighted by Crippen LogP contribution is -2.61. The highest BCUT2D eigenvalue weighted by molar-refractivity contribution is 5.86. The molecular formula is C22H33N7O2. The predicted molar refractivity (Wildman–Crippen MR) is 118 cm³/mol. The predicted octanol–water partition coefficient (Wildman–Crippen LogP) is 1.58. The molecule has 1 amide bonds. The summed E-state index contributed by atoms with van der Waals surface area (Å²) in [6, 6.07) is 0.561. The summed E-state index contributed by atoms with van der Waals surface area (Å²) in [5.41, 5.74) is 1.16. The molecule has 168 valence electrons. The van der Waals surface area contributed by atoms with Crippen LogP contribution in [-0.4, -0.2) is 82.7 Å². The molecule has 2 aromatic heterocycles. The van der Waals surface area contributed by atoms with E-state index in [1.54, 1.807) is 12.7 Å². The van der Waals surface area contributed by atoms with E-state index in [1.807, 2.05) is 0 Å². The van der Waals surface area contributed by atoms with E-state index in [9.17, 15) is 4.79 Å². The lowest BCUT2D eigenvalue weighted by atomic mass is 9.61.